The minimum absolute atomic E-state index is 0.0859. The van der Waals surface area contributed by atoms with Crippen LogP contribution in [0.5, 0.6) is 0 Å². The number of ether oxygens (including phenoxy) is 3. The molecule has 0 saturated carbocycles. The van der Waals surface area contributed by atoms with E-state index in [2.05, 4.69) is 4.98 Å². The SMILES string of the molecule is CC(C)(C)CC(C)(C)OC(=O)N(C(=O)OC(C)(C)C)c1nc2c(COCCO)cc(C(F)(F)F)cc2s1. The van der Waals surface area contributed by atoms with Crippen LogP contribution in [-0.4, -0.2) is 46.7 Å². The molecule has 2 aromatic rings. The number of hydrogen-bond donors (Lipinski definition) is 1. The molecule has 8 nitrogen and oxygen atoms in total. The number of benzene rings is 1. The van der Waals surface area contributed by atoms with Crippen LogP contribution in [0.25, 0.3) is 10.2 Å². The monoisotopic (exact) mass is 548 g/mol. The Bertz CT molecular complexity index is 1120. The van der Waals surface area contributed by atoms with Crippen molar-refractivity contribution in [2.75, 3.05) is 18.1 Å². The summed E-state index contributed by atoms with van der Waals surface area (Å²) < 4.78 is 57.1. The van der Waals surface area contributed by atoms with E-state index in [0.29, 0.717) is 11.3 Å². The zero-order valence-corrected chi connectivity index (χ0v) is 23.2. The van der Waals surface area contributed by atoms with Gasteiger partial charge in [-0.15, -0.1) is 0 Å². The zero-order chi connectivity index (χ0) is 28.4. The number of thiazole rings is 1. The molecular weight excluding hydrogens is 513 g/mol. The van der Waals surface area contributed by atoms with Crippen molar-refractivity contribution >= 4 is 38.9 Å². The maximum atomic E-state index is 13.6. The fourth-order valence-corrected chi connectivity index (χ4v) is 4.87. The molecular formula is C25H35F3N2O6S. The number of carbonyl (C=O) groups excluding carboxylic acids is 2. The van der Waals surface area contributed by atoms with Crippen LogP contribution < -0.4 is 4.90 Å². The van der Waals surface area contributed by atoms with Gasteiger partial charge in [-0.25, -0.2) is 14.6 Å². The van der Waals surface area contributed by atoms with Gasteiger partial charge in [0.2, 0.25) is 5.13 Å². The number of aliphatic hydroxyl groups excluding tert-OH is 1. The van der Waals surface area contributed by atoms with Crippen molar-refractivity contribution in [2.24, 2.45) is 5.41 Å². The minimum atomic E-state index is -4.65. The summed E-state index contributed by atoms with van der Waals surface area (Å²) >= 11 is 0.719. The van der Waals surface area contributed by atoms with Crippen LogP contribution >= 0.6 is 11.3 Å². The van der Waals surface area contributed by atoms with E-state index in [1.165, 1.54) is 0 Å². The van der Waals surface area contributed by atoms with Crippen molar-refractivity contribution in [3.63, 3.8) is 0 Å². The highest BCUT2D eigenvalue weighted by Gasteiger charge is 2.38. The summed E-state index contributed by atoms with van der Waals surface area (Å²) in [7, 11) is 0. The number of halogens is 3. The number of aliphatic hydroxyl groups is 1. The molecule has 2 amide bonds. The summed E-state index contributed by atoms with van der Waals surface area (Å²) in [5.74, 6) is 0. The number of imide groups is 1. The maximum absolute atomic E-state index is 13.6. The molecule has 12 heteroatoms. The van der Waals surface area contributed by atoms with Gasteiger partial charge >= 0.3 is 18.4 Å². The van der Waals surface area contributed by atoms with Crippen molar-refractivity contribution in [3.05, 3.63) is 23.3 Å². The van der Waals surface area contributed by atoms with Gasteiger partial charge in [-0.3, -0.25) is 0 Å². The number of nitrogens with zero attached hydrogens (tertiary/aromatic N) is 2. The first-order valence-electron chi connectivity index (χ1n) is 11.7. The second kappa shape index (κ2) is 11.1. The molecule has 0 atom stereocenters. The van der Waals surface area contributed by atoms with E-state index in [9.17, 15) is 22.8 Å². The van der Waals surface area contributed by atoms with Gasteiger partial charge in [0.25, 0.3) is 0 Å². The van der Waals surface area contributed by atoms with Gasteiger partial charge in [0, 0.05) is 5.56 Å². The Labute approximate surface area is 218 Å². The highest BCUT2D eigenvalue weighted by molar-refractivity contribution is 7.22. The second-order valence-electron chi connectivity index (χ2n) is 11.4. The molecule has 2 rings (SSSR count). The average molecular weight is 549 g/mol. The van der Waals surface area contributed by atoms with Crippen molar-refractivity contribution in [2.45, 2.75) is 85.8 Å². The van der Waals surface area contributed by atoms with E-state index in [-0.39, 0.29) is 46.1 Å². The van der Waals surface area contributed by atoms with Crippen LogP contribution in [0, 0.1) is 5.41 Å². The molecule has 0 bridgehead atoms. The quantitative estimate of drug-likeness (QED) is 0.375. The van der Waals surface area contributed by atoms with Crippen molar-refractivity contribution in [3.8, 4) is 0 Å². The standard InChI is InChI=1S/C25H35F3N2O6S/c1-22(2,3)14-24(7,8)36-21(33)30(20(32)35-23(4,5)6)19-29-18-15(13-34-10-9-31)11-16(25(26,27)28)12-17(18)37-19/h11-12,31H,9-10,13-14H2,1-8H3. The first kappa shape index (κ1) is 30.8. The molecule has 208 valence electrons. The Kier molecular flexibility index (Phi) is 9.25. The van der Waals surface area contributed by atoms with Crippen molar-refractivity contribution in [1.82, 2.24) is 4.98 Å². The molecule has 0 radical (unpaired) electrons. The average Bonchev–Trinajstić information content (AvgIpc) is 3.07. The molecule has 37 heavy (non-hydrogen) atoms. The highest BCUT2D eigenvalue weighted by atomic mass is 32.1. The third-order valence-corrected chi connectivity index (χ3v) is 5.64. The molecule has 0 spiro atoms. The van der Waals surface area contributed by atoms with Crippen LogP contribution in [0.3, 0.4) is 0 Å². The predicted octanol–water partition coefficient (Wildman–Crippen LogP) is 6.92. The van der Waals surface area contributed by atoms with Gasteiger partial charge in [0.15, 0.2) is 0 Å². The molecule has 0 saturated heterocycles. The van der Waals surface area contributed by atoms with Gasteiger partial charge in [0.05, 0.1) is 35.6 Å². The molecule has 1 N–H and O–H groups in total. The van der Waals surface area contributed by atoms with Gasteiger partial charge in [0.1, 0.15) is 11.2 Å². The number of aromatic nitrogens is 1. The lowest BCUT2D eigenvalue weighted by Crippen LogP contribution is -2.45. The highest BCUT2D eigenvalue weighted by Crippen LogP contribution is 2.39. The van der Waals surface area contributed by atoms with Crippen molar-refractivity contribution < 1.29 is 42.1 Å². The fourth-order valence-electron chi connectivity index (χ4n) is 3.84. The maximum Gasteiger partial charge on any atom is 0.426 e. The van der Waals surface area contributed by atoms with E-state index in [0.717, 1.165) is 23.5 Å². The molecule has 0 aliphatic carbocycles. The third kappa shape index (κ3) is 9.11. The Morgan fingerprint density at radius 3 is 2.11 bits per heavy atom. The Morgan fingerprint density at radius 2 is 1.59 bits per heavy atom. The number of fused-ring (bicyclic) bond motifs is 1. The van der Waals surface area contributed by atoms with Gasteiger partial charge in [-0.05, 0) is 58.6 Å². The molecule has 0 aliphatic heterocycles. The molecule has 0 fully saturated rings. The summed E-state index contributed by atoms with van der Waals surface area (Å²) in [4.78, 5) is 31.3. The lowest BCUT2D eigenvalue weighted by atomic mass is 9.84. The van der Waals surface area contributed by atoms with Crippen LogP contribution in [-0.2, 0) is 27.0 Å². The Morgan fingerprint density at radius 1 is 1.00 bits per heavy atom. The van der Waals surface area contributed by atoms with E-state index in [1.807, 2.05) is 20.8 Å². The van der Waals surface area contributed by atoms with Gasteiger partial charge in [-0.1, -0.05) is 32.1 Å². The molecule has 0 unspecified atom stereocenters. The number of rotatable bonds is 7. The summed E-state index contributed by atoms with van der Waals surface area (Å²) in [6.45, 7) is 13.5. The summed E-state index contributed by atoms with van der Waals surface area (Å²) in [6.07, 6.45) is -6.31. The lowest BCUT2D eigenvalue weighted by molar-refractivity contribution is -0.137. The summed E-state index contributed by atoms with van der Waals surface area (Å²) in [5.41, 5.74) is -2.87. The molecule has 1 heterocycles. The van der Waals surface area contributed by atoms with E-state index in [4.69, 9.17) is 19.3 Å². The van der Waals surface area contributed by atoms with Crippen LogP contribution in [0.4, 0.5) is 27.9 Å². The molecule has 1 aromatic heterocycles. The third-order valence-electron chi connectivity index (χ3n) is 4.65. The minimum Gasteiger partial charge on any atom is -0.443 e. The fraction of sp³-hybridized carbons (Fsp3) is 0.640. The number of amides is 2. The smallest absolute Gasteiger partial charge is 0.426 e. The number of alkyl halides is 3. The first-order chi connectivity index (χ1) is 16.7. The largest absolute Gasteiger partial charge is 0.443 e. The predicted molar refractivity (Wildman–Crippen MR) is 135 cm³/mol. The molecule has 1 aromatic carbocycles. The normalized spacial score (nSPS) is 13.1. The summed E-state index contributed by atoms with van der Waals surface area (Å²) in [6, 6.07) is 1.79. The van der Waals surface area contributed by atoms with E-state index in [1.54, 1.807) is 34.6 Å². The van der Waals surface area contributed by atoms with Crippen LogP contribution in [0.1, 0.15) is 72.9 Å². The number of hydrogen-bond acceptors (Lipinski definition) is 8. The van der Waals surface area contributed by atoms with E-state index < -0.39 is 35.1 Å². The number of anilines is 1. The van der Waals surface area contributed by atoms with Gasteiger partial charge < -0.3 is 19.3 Å². The first-order valence-corrected chi connectivity index (χ1v) is 12.5. The van der Waals surface area contributed by atoms with Crippen molar-refractivity contribution in [1.29, 1.82) is 0 Å². The number of carbonyl (C=O) groups is 2. The lowest BCUT2D eigenvalue weighted by Gasteiger charge is -2.33. The van der Waals surface area contributed by atoms with Crippen LogP contribution in [0.15, 0.2) is 12.1 Å². The topological polar surface area (TPSA) is 98.2 Å². The molecule has 0 aliphatic rings. The van der Waals surface area contributed by atoms with E-state index >= 15 is 0 Å². The Hall–Kier alpha value is -2.44. The zero-order valence-electron chi connectivity index (χ0n) is 22.4. The Balaban J connectivity index is 2.60. The summed E-state index contributed by atoms with van der Waals surface area (Å²) in [5, 5.41) is 8.76. The van der Waals surface area contributed by atoms with Crippen LogP contribution in [0.2, 0.25) is 0 Å². The second-order valence-corrected chi connectivity index (χ2v) is 12.4. The van der Waals surface area contributed by atoms with Gasteiger partial charge in [-0.2, -0.15) is 18.1 Å².